The van der Waals surface area contributed by atoms with Crippen LogP contribution in [0.4, 0.5) is 0 Å². The molecule has 2 fully saturated rings. The van der Waals surface area contributed by atoms with E-state index in [9.17, 15) is 19.7 Å². The third-order valence-electron chi connectivity index (χ3n) is 8.32. The largest absolute Gasteiger partial charge is 0.507 e. The van der Waals surface area contributed by atoms with Crippen LogP contribution in [0.3, 0.4) is 0 Å². The number of rotatable bonds is 7. The van der Waals surface area contributed by atoms with Crippen molar-refractivity contribution in [1.82, 2.24) is 4.90 Å². The fourth-order valence-corrected chi connectivity index (χ4v) is 6.55. The van der Waals surface area contributed by atoms with Gasteiger partial charge in [0.2, 0.25) is 11.8 Å². The minimum atomic E-state index is -0.981. The molecule has 8 heteroatoms. The minimum Gasteiger partial charge on any atom is -0.507 e. The number of benzene rings is 2. The number of methoxy groups -OCH3 is 1. The Morgan fingerprint density at radius 2 is 1.92 bits per heavy atom. The number of amides is 2. The smallest absolute Gasteiger partial charge is 0.455 e. The predicted molar refractivity (Wildman–Crippen MR) is 143 cm³/mol. The van der Waals surface area contributed by atoms with Crippen LogP contribution < -0.4 is 0 Å². The fraction of sp³-hybridized carbons (Fsp3) is 0.448. The van der Waals surface area contributed by atoms with Crippen LogP contribution in [0.5, 0.6) is 5.75 Å². The molecule has 2 heterocycles. The van der Waals surface area contributed by atoms with Crippen LogP contribution in [0, 0.1) is 17.8 Å². The van der Waals surface area contributed by atoms with E-state index in [2.05, 4.69) is 13.0 Å². The van der Waals surface area contributed by atoms with Crippen LogP contribution in [0.2, 0.25) is 6.32 Å². The number of allylic oxidation sites excluding steroid dienone is 1. The Labute approximate surface area is 217 Å². The van der Waals surface area contributed by atoms with E-state index in [0.717, 1.165) is 40.3 Å². The molecule has 4 atom stereocenters. The molecular formula is C29H34BNO6. The molecule has 0 radical (unpaired) electrons. The van der Waals surface area contributed by atoms with Crippen molar-refractivity contribution in [2.24, 2.45) is 17.8 Å². The van der Waals surface area contributed by atoms with Gasteiger partial charge in [-0.2, -0.15) is 0 Å². The van der Waals surface area contributed by atoms with Crippen LogP contribution in [0.25, 0.3) is 16.8 Å². The Kier molecular flexibility index (Phi) is 7.25. The van der Waals surface area contributed by atoms with Crippen molar-refractivity contribution in [3.63, 3.8) is 0 Å². The number of nitrogens with zero attached hydrogens (tertiary/aromatic N) is 1. The normalized spacial score (nSPS) is 26.2. The van der Waals surface area contributed by atoms with E-state index in [-0.39, 0.29) is 29.6 Å². The lowest BCUT2D eigenvalue weighted by atomic mass is 9.58. The average Bonchev–Trinajstić information content (AvgIpc) is 3.11. The molecule has 0 bridgehead atoms. The summed E-state index contributed by atoms with van der Waals surface area (Å²) in [5.74, 6) is -1.10. The topological polar surface area (TPSA) is 96.3 Å². The Hall–Kier alpha value is -2.94. The van der Waals surface area contributed by atoms with Gasteiger partial charge >= 0.3 is 7.12 Å². The van der Waals surface area contributed by atoms with Gasteiger partial charge in [0.1, 0.15) is 5.75 Å². The van der Waals surface area contributed by atoms with Crippen molar-refractivity contribution in [1.29, 1.82) is 0 Å². The molecule has 5 rings (SSSR count). The summed E-state index contributed by atoms with van der Waals surface area (Å²) in [6.07, 6.45) is 4.88. The Balaban J connectivity index is 1.44. The summed E-state index contributed by atoms with van der Waals surface area (Å²) < 4.78 is 11.6. The van der Waals surface area contributed by atoms with E-state index < -0.39 is 19.0 Å². The van der Waals surface area contributed by atoms with Gasteiger partial charge in [-0.25, -0.2) is 0 Å². The zero-order valence-corrected chi connectivity index (χ0v) is 21.6. The van der Waals surface area contributed by atoms with E-state index in [1.165, 1.54) is 10.5 Å². The second kappa shape index (κ2) is 10.4. The number of hydrogen-bond acceptors (Lipinski definition) is 6. The van der Waals surface area contributed by atoms with Crippen molar-refractivity contribution in [2.45, 2.75) is 45.0 Å². The van der Waals surface area contributed by atoms with Crippen molar-refractivity contribution < 1.29 is 29.1 Å². The first-order valence-corrected chi connectivity index (χ1v) is 13.1. The highest BCUT2D eigenvalue weighted by molar-refractivity contribution is 6.43. The molecular weight excluding hydrogens is 469 g/mol. The lowest BCUT2D eigenvalue weighted by Crippen LogP contribution is -2.46. The number of carbonyl (C=O) groups excluding carboxylic acids is 2. The molecule has 194 valence electrons. The van der Waals surface area contributed by atoms with Crippen molar-refractivity contribution in [3.8, 4) is 5.75 Å². The summed E-state index contributed by atoms with van der Waals surface area (Å²) in [6.45, 7) is 2.50. The van der Waals surface area contributed by atoms with Crippen molar-refractivity contribution >= 4 is 35.8 Å². The van der Waals surface area contributed by atoms with E-state index in [0.29, 0.717) is 25.8 Å². The first kappa shape index (κ1) is 25.7. The van der Waals surface area contributed by atoms with Gasteiger partial charge in [-0.15, -0.1) is 0 Å². The van der Waals surface area contributed by atoms with E-state index >= 15 is 0 Å². The molecule has 0 saturated carbocycles. The van der Waals surface area contributed by atoms with E-state index in [4.69, 9.17) is 9.39 Å². The number of fused-ring (bicyclic) bond motifs is 4. The zero-order chi connectivity index (χ0) is 26.3. The number of likely N-dealkylation sites (tertiary alicyclic amines) is 1. The number of aromatic hydroxyl groups is 1. The molecule has 0 unspecified atom stereocenters. The maximum absolute atomic E-state index is 13.0. The predicted octanol–water partition coefficient (Wildman–Crippen LogP) is 4.19. The number of hydrogen-bond donors (Lipinski definition) is 2. The number of phenolic OH excluding ortho intramolecular Hbond substituents is 1. The summed E-state index contributed by atoms with van der Waals surface area (Å²) >= 11 is 0. The molecule has 2 aliphatic heterocycles. The molecule has 2 aromatic rings. The Morgan fingerprint density at radius 3 is 2.65 bits per heavy atom. The third-order valence-corrected chi connectivity index (χ3v) is 8.32. The summed E-state index contributed by atoms with van der Waals surface area (Å²) in [5.41, 5.74) is 4.33. The van der Waals surface area contributed by atoms with Gasteiger partial charge < -0.3 is 19.5 Å². The zero-order valence-electron chi connectivity index (χ0n) is 21.6. The van der Waals surface area contributed by atoms with Crippen LogP contribution in [-0.4, -0.2) is 60.8 Å². The lowest BCUT2D eigenvalue weighted by molar-refractivity contribution is -0.138. The van der Waals surface area contributed by atoms with E-state index in [1.54, 1.807) is 20.2 Å². The maximum atomic E-state index is 13.0. The van der Waals surface area contributed by atoms with Gasteiger partial charge in [0.15, 0.2) is 0 Å². The van der Waals surface area contributed by atoms with E-state index in [1.807, 2.05) is 30.3 Å². The summed E-state index contributed by atoms with van der Waals surface area (Å²) in [6, 6.07) is 11.5. The molecule has 0 spiro atoms. The monoisotopic (exact) mass is 503 g/mol. The highest BCUT2D eigenvalue weighted by Gasteiger charge is 2.56. The number of carbonyl (C=O) groups is 2. The Bertz CT molecular complexity index is 1290. The molecule has 2 saturated heterocycles. The fourth-order valence-electron chi connectivity index (χ4n) is 6.55. The summed E-state index contributed by atoms with van der Waals surface area (Å²) in [4.78, 5) is 27.1. The van der Waals surface area contributed by atoms with Crippen LogP contribution in [-0.2, 0) is 19.0 Å². The SMILES string of the molecule is CC/C(=C\c1ccc(O)c2ccccc12)CC[C@H]1OB(O)C[C@H]2C1=C(COC)C[C@H]1C(=O)N(C)C(=O)[C@H]12. The van der Waals surface area contributed by atoms with Crippen LogP contribution in [0.1, 0.15) is 38.2 Å². The van der Waals surface area contributed by atoms with Gasteiger partial charge in [0, 0.05) is 19.5 Å². The molecule has 2 amide bonds. The molecule has 37 heavy (non-hydrogen) atoms. The molecule has 1 aliphatic carbocycles. The second-order valence-electron chi connectivity index (χ2n) is 10.4. The summed E-state index contributed by atoms with van der Waals surface area (Å²) in [5, 5.41) is 22.7. The highest BCUT2D eigenvalue weighted by atomic mass is 16.5. The minimum absolute atomic E-state index is 0.141. The van der Waals surface area contributed by atoms with Crippen molar-refractivity contribution in [2.75, 3.05) is 20.8 Å². The van der Waals surface area contributed by atoms with Gasteiger partial charge in [-0.1, -0.05) is 48.9 Å². The second-order valence-corrected chi connectivity index (χ2v) is 10.4. The van der Waals surface area contributed by atoms with Gasteiger partial charge in [0.25, 0.3) is 0 Å². The summed E-state index contributed by atoms with van der Waals surface area (Å²) in [7, 11) is 2.21. The molecule has 0 aromatic heterocycles. The third kappa shape index (κ3) is 4.62. The van der Waals surface area contributed by atoms with Gasteiger partial charge in [0.05, 0.1) is 24.5 Å². The maximum Gasteiger partial charge on any atom is 0.455 e. The Morgan fingerprint density at radius 1 is 1.16 bits per heavy atom. The molecule has 7 nitrogen and oxygen atoms in total. The van der Waals surface area contributed by atoms with Gasteiger partial charge in [-0.05, 0) is 66.1 Å². The average molecular weight is 503 g/mol. The molecule has 2 aromatic carbocycles. The first-order chi connectivity index (χ1) is 17.8. The number of ether oxygens (including phenoxy) is 1. The number of imide groups is 1. The van der Waals surface area contributed by atoms with Crippen molar-refractivity contribution in [3.05, 3.63) is 58.7 Å². The highest BCUT2D eigenvalue weighted by Crippen LogP contribution is 2.50. The quantitative estimate of drug-likeness (QED) is 0.334. The van der Waals surface area contributed by atoms with Crippen LogP contribution in [0.15, 0.2) is 53.1 Å². The van der Waals surface area contributed by atoms with Crippen LogP contribution >= 0.6 is 0 Å². The lowest BCUT2D eigenvalue weighted by Gasteiger charge is -2.43. The standard InChI is InChI=1S/C29H34BNO6/c1-4-17(13-18-10-11-24(32)21-8-6-5-7-20(18)21)9-12-25-26-19(16-36-3)14-22-27(23(26)15-30(35)37-25)29(34)31(2)28(22)33/h5-8,10-11,13,22-23,25,27,32,35H,4,9,12,14-16H2,1-3H3/b17-13+/t22-,23+,25-,27-/m1/s1. The number of phenols is 1. The van der Waals surface area contributed by atoms with Gasteiger partial charge in [-0.3, -0.25) is 14.5 Å². The first-order valence-electron chi connectivity index (χ1n) is 13.1. The molecule has 3 aliphatic rings. The molecule has 2 N–H and O–H groups in total.